The zero-order valence-electron chi connectivity index (χ0n) is 15.8. The summed E-state index contributed by atoms with van der Waals surface area (Å²) in [4.78, 5) is 23.8. The molecule has 0 spiro atoms. The van der Waals surface area contributed by atoms with Gasteiger partial charge in [0.25, 0.3) is 5.91 Å². The molecule has 0 saturated carbocycles. The van der Waals surface area contributed by atoms with Crippen LogP contribution in [0.15, 0.2) is 45.3 Å². The van der Waals surface area contributed by atoms with Crippen molar-refractivity contribution in [3.63, 3.8) is 0 Å². The lowest BCUT2D eigenvalue weighted by molar-refractivity contribution is -0.123. The van der Waals surface area contributed by atoms with Crippen LogP contribution in [0.2, 0.25) is 10.0 Å². The molecule has 0 aliphatic rings. The summed E-state index contributed by atoms with van der Waals surface area (Å²) in [5.74, 6) is 0.200. The van der Waals surface area contributed by atoms with E-state index in [4.69, 9.17) is 44.9 Å². The van der Waals surface area contributed by atoms with Gasteiger partial charge in [-0.25, -0.2) is 0 Å². The van der Waals surface area contributed by atoms with Crippen LogP contribution in [0.4, 0.5) is 0 Å². The summed E-state index contributed by atoms with van der Waals surface area (Å²) in [6, 6.07) is 10.2. The number of carbonyl (C=O) groups excluding carboxylic acids is 2. The molecule has 3 N–H and O–H groups in total. The predicted octanol–water partition coefficient (Wildman–Crippen LogP) is 4.78. The minimum atomic E-state index is -0.477. The number of ether oxygens (including phenoxy) is 2. The number of hydrogen-bond donors (Lipinski definition) is 3. The van der Waals surface area contributed by atoms with Crippen molar-refractivity contribution < 1.29 is 19.1 Å². The van der Waals surface area contributed by atoms with Crippen LogP contribution in [0.5, 0.6) is 11.5 Å². The molecule has 166 valence electrons. The van der Waals surface area contributed by atoms with Crippen LogP contribution in [0.1, 0.15) is 12.8 Å². The number of benzene rings is 2. The van der Waals surface area contributed by atoms with Crippen molar-refractivity contribution in [2.24, 2.45) is 0 Å². The highest BCUT2D eigenvalue weighted by Gasteiger charge is 2.09. The molecule has 2 aromatic rings. The maximum Gasteiger partial charge on any atom is 0.264 e. The molecule has 2 aromatic carbocycles. The molecule has 12 heteroatoms. The fraction of sp³-hybridized carbons (Fsp3) is 0.211. The minimum Gasteiger partial charge on any atom is -0.492 e. The summed E-state index contributed by atoms with van der Waals surface area (Å²) >= 11 is 23.5. The van der Waals surface area contributed by atoms with Gasteiger partial charge >= 0.3 is 0 Å². The Hall–Kier alpha value is -1.59. The zero-order valence-corrected chi connectivity index (χ0v) is 21.3. The van der Waals surface area contributed by atoms with Crippen LogP contribution in [-0.4, -0.2) is 30.1 Å². The molecule has 2 amide bonds. The molecule has 0 fully saturated rings. The number of thiocarbonyl (C=S) groups is 1. The number of nitrogens with one attached hydrogen (secondary N) is 3. The molecule has 0 bridgehead atoms. The van der Waals surface area contributed by atoms with Gasteiger partial charge in [0.15, 0.2) is 11.7 Å². The zero-order chi connectivity index (χ0) is 22.8. The topological polar surface area (TPSA) is 88.7 Å². The van der Waals surface area contributed by atoms with Gasteiger partial charge in [-0.05, 0) is 71.0 Å². The first-order valence-electron chi connectivity index (χ1n) is 8.79. The molecule has 0 atom stereocenters. The van der Waals surface area contributed by atoms with E-state index in [1.165, 1.54) is 0 Å². The van der Waals surface area contributed by atoms with E-state index in [0.717, 1.165) is 4.47 Å². The average molecular weight is 614 g/mol. The third-order valence-electron chi connectivity index (χ3n) is 3.52. The van der Waals surface area contributed by atoms with Crippen molar-refractivity contribution in [1.29, 1.82) is 0 Å². The Bertz CT molecular complexity index is 966. The lowest BCUT2D eigenvalue weighted by Crippen LogP contribution is -2.49. The van der Waals surface area contributed by atoms with Crippen molar-refractivity contribution in [3.05, 3.63) is 55.4 Å². The van der Waals surface area contributed by atoms with E-state index in [1.807, 2.05) is 0 Å². The molecular formula is C19H17Br2Cl2N3O4S. The molecule has 0 aliphatic carbocycles. The van der Waals surface area contributed by atoms with Gasteiger partial charge < -0.3 is 9.47 Å². The Balaban J connectivity index is 1.60. The first-order valence-corrected chi connectivity index (χ1v) is 11.5. The van der Waals surface area contributed by atoms with Gasteiger partial charge in [0, 0.05) is 15.9 Å². The van der Waals surface area contributed by atoms with Gasteiger partial charge in [0.05, 0.1) is 16.1 Å². The third-order valence-corrected chi connectivity index (χ3v) is 5.37. The average Bonchev–Trinajstić information content (AvgIpc) is 2.70. The molecule has 0 aromatic heterocycles. The quantitative estimate of drug-likeness (QED) is 0.226. The Kier molecular flexibility index (Phi) is 10.8. The standard InChI is InChI=1S/C19H17Br2Cl2N3O4S/c20-11-3-5-15(13(21)8-11)30-10-18(28)24-19(31)26-25-17(27)2-1-7-29-16-6-4-12(22)9-14(16)23/h3-6,8-9H,1-2,7,10H2,(H,25,27)(H2,24,26,28,31). The van der Waals surface area contributed by atoms with Crippen LogP contribution in [-0.2, 0) is 9.59 Å². The third kappa shape index (κ3) is 9.61. The van der Waals surface area contributed by atoms with E-state index in [0.29, 0.717) is 39.0 Å². The number of hydrogen-bond acceptors (Lipinski definition) is 5. The Labute approximate surface area is 211 Å². The largest absolute Gasteiger partial charge is 0.492 e. The van der Waals surface area contributed by atoms with Crippen molar-refractivity contribution in [3.8, 4) is 11.5 Å². The molecule has 0 aliphatic heterocycles. The van der Waals surface area contributed by atoms with Gasteiger partial charge in [-0.15, -0.1) is 0 Å². The predicted molar refractivity (Wildman–Crippen MR) is 131 cm³/mol. The van der Waals surface area contributed by atoms with Crippen molar-refractivity contribution in [2.45, 2.75) is 12.8 Å². The molecule has 2 rings (SSSR count). The molecule has 7 nitrogen and oxygen atoms in total. The summed E-state index contributed by atoms with van der Waals surface area (Å²) < 4.78 is 12.5. The molecule has 0 heterocycles. The van der Waals surface area contributed by atoms with E-state index in [-0.39, 0.29) is 24.0 Å². The van der Waals surface area contributed by atoms with Crippen molar-refractivity contribution >= 4 is 84.2 Å². The van der Waals surface area contributed by atoms with Gasteiger partial charge in [0.1, 0.15) is 11.5 Å². The van der Waals surface area contributed by atoms with Crippen LogP contribution >= 0.6 is 67.3 Å². The Morgan fingerprint density at radius 2 is 1.71 bits per heavy atom. The minimum absolute atomic E-state index is 0.0546. The van der Waals surface area contributed by atoms with Gasteiger partial charge in [-0.3, -0.25) is 25.8 Å². The maximum atomic E-state index is 11.9. The molecule has 0 radical (unpaired) electrons. The summed E-state index contributed by atoms with van der Waals surface area (Å²) in [6.45, 7) is 0.0412. The van der Waals surface area contributed by atoms with E-state index < -0.39 is 5.91 Å². The highest BCUT2D eigenvalue weighted by molar-refractivity contribution is 9.11. The lowest BCUT2D eigenvalue weighted by atomic mass is 10.3. The number of carbonyl (C=O) groups is 2. The second kappa shape index (κ2) is 13.1. The normalized spacial score (nSPS) is 10.2. The maximum absolute atomic E-state index is 11.9. The van der Waals surface area contributed by atoms with Crippen LogP contribution in [0.25, 0.3) is 0 Å². The highest BCUT2D eigenvalue weighted by atomic mass is 79.9. The first kappa shape index (κ1) is 25.7. The summed E-state index contributed by atoms with van der Waals surface area (Å²) in [5.41, 5.74) is 4.85. The van der Waals surface area contributed by atoms with Crippen LogP contribution in [0.3, 0.4) is 0 Å². The first-order chi connectivity index (χ1) is 14.7. The lowest BCUT2D eigenvalue weighted by Gasteiger charge is -2.12. The van der Waals surface area contributed by atoms with E-state index in [2.05, 4.69) is 48.0 Å². The second-order valence-corrected chi connectivity index (χ2v) is 8.96. The smallest absolute Gasteiger partial charge is 0.264 e. The highest BCUT2D eigenvalue weighted by Crippen LogP contribution is 2.28. The summed E-state index contributed by atoms with van der Waals surface area (Å²) in [7, 11) is 0. The molecule has 0 saturated heterocycles. The molecular weight excluding hydrogens is 597 g/mol. The van der Waals surface area contributed by atoms with Crippen molar-refractivity contribution in [1.82, 2.24) is 16.2 Å². The van der Waals surface area contributed by atoms with E-state index in [1.54, 1.807) is 36.4 Å². The van der Waals surface area contributed by atoms with Crippen molar-refractivity contribution in [2.75, 3.05) is 13.2 Å². The van der Waals surface area contributed by atoms with Gasteiger partial charge in [0.2, 0.25) is 5.91 Å². The SMILES string of the molecule is O=C(CCCOc1ccc(Cl)cc1Cl)NNC(=S)NC(=O)COc1ccc(Br)cc1Br. The van der Waals surface area contributed by atoms with Gasteiger partial charge in [-0.1, -0.05) is 39.1 Å². The fourth-order valence-corrected chi connectivity index (χ4v) is 3.92. The number of amides is 2. The number of rotatable bonds is 8. The second-order valence-electron chi connectivity index (χ2n) is 5.94. The summed E-state index contributed by atoms with van der Waals surface area (Å²) in [5, 5.41) is 3.26. The molecule has 0 unspecified atom stereocenters. The number of halogens is 4. The number of hydrazine groups is 1. The molecule has 31 heavy (non-hydrogen) atoms. The van der Waals surface area contributed by atoms with Crippen LogP contribution < -0.4 is 25.6 Å². The van der Waals surface area contributed by atoms with E-state index in [9.17, 15) is 9.59 Å². The summed E-state index contributed by atoms with van der Waals surface area (Å²) in [6.07, 6.45) is 0.622. The Morgan fingerprint density at radius 3 is 2.42 bits per heavy atom. The van der Waals surface area contributed by atoms with Gasteiger partial charge in [-0.2, -0.15) is 0 Å². The monoisotopic (exact) mass is 611 g/mol. The van der Waals surface area contributed by atoms with Crippen LogP contribution in [0, 0.1) is 0 Å². The Morgan fingerprint density at radius 1 is 0.968 bits per heavy atom. The van der Waals surface area contributed by atoms with E-state index >= 15 is 0 Å². The fourth-order valence-electron chi connectivity index (χ4n) is 2.13.